The number of hydrogen-bond donors (Lipinski definition) is 3. The van der Waals surface area contributed by atoms with Crippen LogP contribution in [0.25, 0.3) is 0 Å². The van der Waals surface area contributed by atoms with Crippen molar-refractivity contribution in [1.82, 2.24) is 5.32 Å². The maximum atomic E-state index is 12.5. The molecule has 0 heterocycles. The first kappa shape index (κ1) is 69.8. The molecule has 0 aromatic heterocycles. The summed E-state index contributed by atoms with van der Waals surface area (Å²) in [5.41, 5.74) is 0. The van der Waals surface area contributed by atoms with Crippen molar-refractivity contribution in [2.75, 3.05) is 6.61 Å². The monoisotopic (exact) mass is 1010 g/mol. The molecule has 73 heavy (non-hydrogen) atoms. The summed E-state index contributed by atoms with van der Waals surface area (Å²) in [5, 5.41) is 23.2. The van der Waals surface area contributed by atoms with Crippen molar-refractivity contribution in [3.63, 3.8) is 0 Å². The van der Waals surface area contributed by atoms with E-state index in [4.69, 9.17) is 0 Å². The Bertz CT molecular complexity index is 1420. The second-order valence-corrected chi connectivity index (χ2v) is 20.7. The molecule has 0 rings (SSSR count). The largest absolute Gasteiger partial charge is 0.394 e. The van der Waals surface area contributed by atoms with Crippen molar-refractivity contribution in [2.24, 2.45) is 0 Å². The SMILES string of the molecule is CC/C=C\C/C=C\C/C=C\C/C=C\C/C=C\C/C=C\C/C=C\C/C=C\C/C=C\CCCCCCCCCCCC(=O)NC(CO)C(O)/C=C/CCCCCCCCCCCCCCCCCCCCCCCC. The van der Waals surface area contributed by atoms with Crippen molar-refractivity contribution >= 4 is 5.91 Å². The Kier molecular flexibility index (Phi) is 60.3. The lowest BCUT2D eigenvalue weighted by Gasteiger charge is -2.20. The van der Waals surface area contributed by atoms with Crippen molar-refractivity contribution in [3.8, 4) is 0 Å². The molecule has 0 aliphatic heterocycles. The predicted molar refractivity (Wildman–Crippen MR) is 326 cm³/mol. The summed E-state index contributed by atoms with van der Waals surface area (Å²) in [7, 11) is 0. The molecule has 0 radical (unpaired) electrons. The van der Waals surface area contributed by atoms with Gasteiger partial charge in [-0.1, -0.05) is 315 Å². The minimum absolute atomic E-state index is 0.0725. The number of aliphatic hydroxyl groups excluding tert-OH is 2. The molecule has 0 bridgehead atoms. The molecule has 3 N–H and O–H groups in total. The molecular formula is C69H119NO3. The number of nitrogens with one attached hydrogen (secondary N) is 1. The van der Waals surface area contributed by atoms with Crippen LogP contribution in [0.1, 0.15) is 290 Å². The van der Waals surface area contributed by atoms with E-state index in [2.05, 4.69) is 129 Å². The second-order valence-electron chi connectivity index (χ2n) is 20.7. The van der Waals surface area contributed by atoms with Crippen LogP contribution < -0.4 is 5.32 Å². The fraction of sp³-hybridized carbons (Fsp3) is 0.696. The van der Waals surface area contributed by atoms with E-state index >= 15 is 0 Å². The molecule has 2 unspecified atom stereocenters. The minimum Gasteiger partial charge on any atom is -0.394 e. The van der Waals surface area contributed by atoms with Crippen molar-refractivity contribution in [2.45, 2.75) is 302 Å². The lowest BCUT2D eigenvalue weighted by atomic mass is 10.0. The van der Waals surface area contributed by atoms with Gasteiger partial charge in [0.15, 0.2) is 0 Å². The number of hydrogen-bond acceptors (Lipinski definition) is 3. The zero-order valence-electron chi connectivity index (χ0n) is 48.1. The maximum absolute atomic E-state index is 12.5. The van der Waals surface area contributed by atoms with E-state index in [0.29, 0.717) is 6.42 Å². The van der Waals surface area contributed by atoms with Crippen molar-refractivity contribution < 1.29 is 15.0 Å². The molecule has 0 spiro atoms. The fourth-order valence-electron chi connectivity index (χ4n) is 9.00. The smallest absolute Gasteiger partial charge is 0.220 e. The van der Waals surface area contributed by atoms with E-state index in [1.54, 1.807) is 6.08 Å². The summed E-state index contributed by atoms with van der Waals surface area (Å²) < 4.78 is 0. The van der Waals surface area contributed by atoms with Crippen LogP contribution in [-0.2, 0) is 4.79 Å². The Morgan fingerprint density at radius 3 is 0.904 bits per heavy atom. The van der Waals surface area contributed by atoms with Gasteiger partial charge in [-0.05, 0) is 89.9 Å². The van der Waals surface area contributed by atoms with Crippen LogP contribution in [-0.4, -0.2) is 34.9 Å². The average molecular weight is 1010 g/mol. The Labute approximate surface area is 454 Å². The number of unbranched alkanes of at least 4 members (excludes halogenated alkanes) is 31. The maximum Gasteiger partial charge on any atom is 0.220 e. The summed E-state index contributed by atoms with van der Waals surface area (Å²) in [4.78, 5) is 12.5. The first-order chi connectivity index (χ1) is 36.2. The molecule has 0 aliphatic carbocycles. The van der Waals surface area contributed by atoms with Crippen LogP contribution in [0.15, 0.2) is 122 Å². The lowest BCUT2D eigenvalue weighted by Crippen LogP contribution is -2.45. The number of allylic oxidation sites excluding steroid dienone is 19. The molecule has 0 aromatic rings. The lowest BCUT2D eigenvalue weighted by molar-refractivity contribution is -0.123. The quantitative estimate of drug-likeness (QED) is 0.0420. The van der Waals surface area contributed by atoms with Gasteiger partial charge in [0.05, 0.1) is 18.8 Å². The second kappa shape index (κ2) is 63.1. The topological polar surface area (TPSA) is 69.6 Å². The minimum atomic E-state index is -0.851. The van der Waals surface area contributed by atoms with Crippen LogP contribution >= 0.6 is 0 Å². The molecule has 0 aliphatic rings. The van der Waals surface area contributed by atoms with Crippen LogP contribution in [0.2, 0.25) is 0 Å². The third-order valence-electron chi connectivity index (χ3n) is 13.7. The summed E-state index contributed by atoms with van der Waals surface area (Å²) in [6.07, 6.45) is 96.6. The summed E-state index contributed by atoms with van der Waals surface area (Å²) >= 11 is 0. The summed E-state index contributed by atoms with van der Waals surface area (Å²) in [6.45, 7) is 4.21. The highest BCUT2D eigenvalue weighted by molar-refractivity contribution is 5.76. The van der Waals surface area contributed by atoms with Gasteiger partial charge in [-0.15, -0.1) is 0 Å². The van der Waals surface area contributed by atoms with Crippen molar-refractivity contribution in [3.05, 3.63) is 122 Å². The standard InChI is InChI=1S/C69H119NO3/c1-3-5-7-9-11-13-15-17-19-21-23-25-27-29-30-31-32-33-34-35-36-37-38-39-40-41-43-45-47-49-51-53-55-57-59-61-63-65-69(73)70-67(66-71)68(72)64-62-60-58-56-54-52-50-48-46-44-42-28-26-24-22-20-18-16-14-12-10-8-6-4-2/h5,7,11,13,17,19,23,25,29-30,32-33,35-36,38-39,41,43,62,64,67-68,71-72H,3-4,6,8-10,12,14-16,18,20-22,24,26-28,31,34,37,40,42,44-61,63,65-66H2,1-2H3,(H,70,73)/b7-5-,13-11-,19-17-,25-23-,30-29-,33-32-,36-35-,39-38-,43-41-,64-62+. The molecule has 418 valence electrons. The number of rotatable bonds is 56. The zero-order chi connectivity index (χ0) is 52.7. The van der Waals surface area contributed by atoms with Gasteiger partial charge in [-0.3, -0.25) is 4.79 Å². The zero-order valence-corrected chi connectivity index (χ0v) is 48.1. The van der Waals surface area contributed by atoms with E-state index in [1.165, 1.54) is 180 Å². The van der Waals surface area contributed by atoms with Gasteiger partial charge < -0.3 is 15.5 Å². The molecule has 0 aromatic carbocycles. The highest BCUT2D eigenvalue weighted by Gasteiger charge is 2.18. The third-order valence-corrected chi connectivity index (χ3v) is 13.7. The van der Waals surface area contributed by atoms with E-state index in [1.807, 2.05) is 6.08 Å². The Balaban J connectivity index is 3.59. The molecule has 4 nitrogen and oxygen atoms in total. The van der Waals surface area contributed by atoms with E-state index in [-0.39, 0.29) is 12.5 Å². The normalized spacial score (nSPS) is 13.6. The Morgan fingerprint density at radius 2 is 0.603 bits per heavy atom. The van der Waals surface area contributed by atoms with E-state index in [9.17, 15) is 15.0 Å². The number of amides is 1. The van der Waals surface area contributed by atoms with Crippen LogP contribution in [0.3, 0.4) is 0 Å². The molecule has 0 saturated carbocycles. The first-order valence-corrected chi connectivity index (χ1v) is 31.2. The van der Waals surface area contributed by atoms with Gasteiger partial charge in [0.25, 0.3) is 0 Å². The van der Waals surface area contributed by atoms with Gasteiger partial charge in [-0.25, -0.2) is 0 Å². The number of aliphatic hydroxyl groups is 2. The predicted octanol–water partition coefficient (Wildman–Crippen LogP) is 21.2. The Morgan fingerprint density at radius 1 is 0.342 bits per heavy atom. The molecule has 0 fully saturated rings. The fourth-order valence-corrected chi connectivity index (χ4v) is 9.00. The third kappa shape index (κ3) is 59.5. The van der Waals surface area contributed by atoms with E-state index < -0.39 is 12.1 Å². The van der Waals surface area contributed by atoms with Gasteiger partial charge in [0.1, 0.15) is 0 Å². The van der Waals surface area contributed by atoms with Gasteiger partial charge in [-0.2, -0.15) is 0 Å². The van der Waals surface area contributed by atoms with Gasteiger partial charge in [0, 0.05) is 6.42 Å². The highest BCUT2D eigenvalue weighted by Crippen LogP contribution is 2.17. The number of carbonyl (C=O) groups excluding carboxylic acids is 1. The molecular weight excluding hydrogens is 891 g/mol. The molecule has 1 amide bonds. The van der Waals surface area contributed by atoms with Crippen molar-refractivity contribution in [1.29, 1.82) is 0 Å². The molecule has 2 atom stereocenters. The van der Waals surface area contributed by atoms with Crippen LogP contribution in [0.4, 0.5) is 0 Å². The van der Waals surface area contributed by atoms with Crippen LogP contribution in [0.5, 0.6) is 0 Å². The highest BCUT2D eigenvalue weighted by atomic mass is 16.3. The summed E-state index contributed by atoms with van der Waals surface area (Å²) in [6, 6.07) is -0.635. The van der Waals surface area contributed by atoms with Gasteiger partial charge >= 0.3 is 0 Å². The Hall–Kier alpha value is -3.21. The van der Waals surface area contributed by atoms with E-state index in [0.717, 1.165) is 89.9 Å². The molecule has 0 saturated heterocycles. The first-order valence-electron chi connectivity index (χ1n) is 31.2. The molecule has 4 heteroatoms. The average Bonchev–Trinajstić information content (AvgIpc) is 3.40. The number of carbonyl (C=O) groups is 1. The summed E-state index contributed by atoms with van der Waals surface area (Å²) in [5.74, 6) is -0.0725. The van der Waals surface area contributed by atoms with Crippen LogP contribution in [0, 0.1) is 0 Å². The van der Waals surface area contributed by atoms with Gasteiger partial charge in [0.2, 0.25) is 5.91 Å².